The maximum Gasteiger partial charge on any atom is 0.356 e. The molecule has 0 radical (unpaired) electrons. The van der Waals surface area contributed by atoms with Crippen LogP contribution in [0.1, 0.15) is 27.9 Å². The lowest BCUT2D eigenvalue weighted by Crippen LogP contribution is -2.68. The Balaban J connectivity index is 1.43. The van der Waals surface area contributed by atoms with E-state index in [9.17, 15) is 14.4 Å². The number of esters is 1. The normalized spacial score (nSPS) is 18.7. The van der Waals surface area contributed by atoms with Crippen molar-refractivity contribution in [1.29, 1.82) is 0 Å². The van der Waals surface area contributed by atoms with Gasteiger partial charge in [0.15, 0.2) is 11.1 Å². The molecule has 2 N–H and O–H groups in total. The van der Waals surface area contributed by atoms with Gasteiger partial charge in [0.1, 0.15) is 17.1 Å². The number of fused-ring (bicyclic) bond motifs is 2. The van der Waals surface area contributed by atoms with E-state index in [-0.39, 0.29) is 22.0 Å². The highest BCUT2D eigenvalue weighted by Gasteiger charge is 2.53. The molecule has 2 aromatic carbocycles. The van der Waals surface area contributed by atoms with Crippen molar-refractivity contribution < 1.29 is 14.3 Å². The van der Waals surface area contributed by atoms with E-state index in [0.717, 1.165) is 22.5 Å². The maximum absolute atomic E-state index is 13.9. The molecule has 39 heavy (non-hydrogen) atoms. The Bertz CT molecular complexity index is 1680. The molecule has 0 spiro atoms. The topological polar surface area (TPSA) is 120 Å². The van der Waals surface area contributed by atoms with Crippen LogP contribution in [0.3, 0.4) is 0 Å². The molecule has 0 unspecified atom stereocenters. The standard InChI is InChI=1S/C27H21N5O4S3/c1-14-12-18(33)32-27(29-14)39-23(30-32)22(37)17-13-38-25-19(28)24(34)31(25)20(17)26(35)36-21(15-8-4-2-5-9-15)16-10-6-3-7-11-16/h2-12,19,21,25H,13,28H2,1H3/t19-,25-/m1/s1. The minimum absolute atomic E-state index is 0.0584. The summed E-state index contributed by atoms with van der Waals surface area (Å²) in [7, 11) is 0. The summed E-state index contributed by atoms with van der Waals surface area (Å²) in [5.41, 5.74) is 8.35. The van der Waals surface area contributed by atoms with Gasteiger partial charge in [-0.1, -0.05) is 84.2 Å². The number of nitrogens with two attached hydrogens (primary N) is 1. The van der Waals surface area contributed by atoms with Crippen LogP contribution >= 0.6 is 35.3 Å². The molecular weight excluding hydrogens is 555 g/mol. The van der Waals surface area contributed by atoms with Crippen molar-refractivity contribution in [1.82, 2.24) is 19.5 Å². The number of thioether (sulfide) groups is 1. The first-order valence-corrected chi connectivity index (χ1v) is 14.3. The van der Waals surface area contributed by atoms with Crippen LogP contribution in [-0.4, -0.2) is 53.4 Å². The fourth-order valence-corrected chi connectivity index (χ4v) is 7.21. The number of ether oxygens (including phenoxy) is 1. The summed E-state index contributed by atoms with van der Waals surface area (Å²) >= 11 is 8.36. The van der Waals surface area contributed by atoms with Gasteiger partial charge < -0.3 is 10.5 Å². The number of hydrogen-bond acceptors (Lipinski definition) is 10. The van der Waals surface area contributed by atoms with Gasteiger partial charge >= 0.3 is 5.97 Å². The van der Waals surface area contributed by atoms with Gasteiger partial charge in [0.05, 0.1) is 4.86 Å². The van der Waals surface area contributed by atoms with Crippen molar-refractivity contribution in [2.24, 2.45) is 5.73 Å². The van der Waals surface area contributed by atoms with Crippen LogP contribution in [0.5, 0.6) is 0 Å². The zero-order chi connectivity index (χ0) is 27.3. The van der Waals surface area contributed by atoms with E-state index in [4.69, 9.17) is 22.7 Å². The van der Waals surface area contributed by atoms with E-state index in [2.05, 4.69) is 10.1 Å². The van der Waals surface area contributed by atoms with Crippen LogP contribution in [0.25, 0.3) is 4.96 Å². The van der Waals surface area contributed by atoms with E-state index in [1.807, 2.05) is 60.7 Å². The van der Waals surface area contributed by atoms with Crippen LogP contribution in [-0.2, 0) is 14.3 Å². The molecule has 1 fully saturated rings. The van der Waals surface area contributed by atoms with E-state index in [0.29, 0.717) is 27.0 Å². The molecule has 1 saturated heterocycles. The summed E-state index contributed by atoms with van der Waals surface area (Å²) in [6.07, 6.45) is -0.714. The molecular formula is C27H21N5O4S3. The zero-order valence-electron chi connectivity index (χ0n) is 20.5. The molecule has 2 aliphatic heterocycles. The van der Waals surface area contributed by atoms with Gasteiger partial charge in [0, 0.05) is 23.1 Å². The molecule has 2 atom stereocenters. The van der Waals surface area contributed by atoms with E-state index >= 15 is 0 Å². The first-order valence-electron chi connectivity index (χ1n) is 12.0. The summed E-state index contributed by atoms with van der Waals surface area (Å²) in [4.78, 5) is 45.7. The van der Waals surface area contributed by atoms with Crippen molar-refractivity contribution >= 4 is 57.0 Å². The Labute approximate surface area is 236 Å². The highest BCUT2D eigenvalue weighted by molar-refractivity contribution is 8.00. The number of carbonyl (C=O) groups is 2. The van der Waals surface area contributed by atoms with E-state index in [1.165, 1.54) is 27.2 Å². The van der Waals surface area contributed by atoms with Crippen molar-refractivity contribution in [3.05, 3.63) is 110 Å². The van der Waals surface area contributed by atoms with Crippen molar-refractivity contribution in [2.75, 3.05) is 5.75 Å². The highest BCUT2D eigenvalue weighted by Crippen LogP contribution is 2.42. The number of hydrogen-bond donors (Lipinski definition) is 1. The summed E-state index contributed by atoms with van der Waals surface area (Å²) < 4.78 is 7.31. The van der Waals surface area contributed by atoms with Gasteiger partial charge in [-0.15, -0.1) is 11.8 Å². The number of nitrogens with zero attached hydrogens (tertiary/aromatic N) is 4. The van der Waals surface area contributed by atoms with Crippen LogP contribution in [0, 0.1) is 6.92 Å². The number of β-lactam (4-membered cyclic amide) rings is 1. The van der Waals surface area contributed by atoms with E-state index in [1.54, 1.807) is 6.92 Å². The maximum atomic E-state index is 13.9. The number of amides is 1. The van der Waals surface area contributed by atoms with Gasteiger partial charge in [0.25, 0.3) is 5.56 Å². The average molecular weight is 576 g/mol. The second-order valence-electron chi connectivity index (χ2n) is 9.04. The molecule has 0 saturated carbocycles. The quantitative estimate of drug-likeness (QED) is 0.160. The lowest BCUT2D eigenvalue weighted by molar-refractivity contribution is -0.153. The van der Waals surface area contributed by atoms with Gasteiger partial charge in [-0.2, -0.15) is 9.61 Å². The Morgan fingerprint density at radius 2 is 1.74 bits per heavy atom. The van der Waals surface area contributed by atoms with Gasteiger partial charge in [-0.25, -0.2) is 9.78 Å². The SMILES string of the molecule is Cc1cc(=O)n2nc(C(=S)C3=C(C(=O)OC(c4ccccc4)c4ccccc4)N4C(=O)[C@@H](N)[C@H]4SC3)sc2n1. The van der Waals surface area contributed by atoms with Gasteiger partial charge in [-0.3, -0.25) is 14.5 Å². The monoisotopic (exact) mass is 575 g/mol. The molecule has 9 nitrogen and oxygen atoms in total. The predicted octanol–water partition coefficient (Wildman–Crippen LogP) is 3.01. The lowest BCUT2D eigenvalue weighted by Gasteiger charge is -2.48. The molecule has 4 aromatic rings. The average Bonchev–Trinajstić information content (AvgIpc) is 3.39. The smallest absolute Gasteiger partial charge is 0.356 e. The molecule has 2 aromatic heterocycles. The minimum atomic E-state index is -0.722. The van der Waals surface area contributed by atoms with Crippen LogP contribution in [0.2, 0.25) is 0 Å². The summed E-state index contributed by atoms with van der Waals surface area (Å²) in [5, 5.41) is 4.31. The lowest BCUT2D eigenvalue weighted by atomic mass is 10.0. The third kappa shape index (κ3) is 4.48. The fourth-order valence-electron chi connectivity index (χ4n) is 4.57. The molecule has 6 rings (SSSR count). The molecule has 0 aliphatic carbocycles. The van der Waals surface area contributed by atoms with Crippen molar-refractivity contribution in [3.8, 4) is 0 Å². The second kappa shape index (κ2) is 10.1. The Morgan fingerprint density at radius 3 is 2.38 bits per heavy atom. The zero-order valence-corrected chi connectivity index (χ0v) is 23.0. The fraction of sp³-hybridized carbons (Fsp3) is 0.185. The summed E-state index contributed by atoms with van der Waals surface area (Å²) in [6.45, 7) is 1.72. The van der Waals surface area contributed by atoms with Crippen LogP contribution < -0.4 is 11.3 Å². The van der Waals surface area contributed by atoms with Crippen LogP contribution in [0.15, 0.2) is 82.8 Å². The van der Waals surface area contributed by atoms with Gasteiger partial charge in [0.2, 0.25) is 10.9 Å². The van der Waals surface area contributed by atoms with E-state index < -0.39 is 23.5 Å². The first kappa shape index (κ1) is 25.6. The number of aromatic nitrogens is 3. The first-order chi connectivity index (χ1) is 18.8. The Morgan fingerprint density at radius 1 is 1.10 bits per heavy atom. The number of benzene rings is 2. The second-order valence-corrected chi connectivity index (χ2v) is 11.5. The summed E-state index contributed by atoms with van der Waals surface area (Å²) in [5.74, 6) is -0.750. The largest absolute Gasteiger partial charge is 0.448 e. The molecule has 196 valence electrons. The number of thiocarbonyl (C=S) groups is 1. The Hall–Kier alpha value is -3.71. The molecule has 12 heteroatoms. The highest BCUT2D eigenvalue weighted by atomic mass is 32.2. The molecule has 0 bridgehead atoms. The third-order valence-electron chi connectivity index (χ3n) is 6.47. The Kier molecular flexibility index (Phi) is 6.63. The summed E-state index contributed by atoms with van der Waals surface area (Å²) in [6, 6.07) is 19.4. The number of rotatable bonds is 6. The number of carbonyl (C=O) groups excluding carboxylic acids is 2. The molecule has 1 amide bonds. The van der Waals surface area contributed by atoms with Crippen LogP contribution in [0.4, 0.5) is 0 Å². The molecule has 4 heterocycles. The third-order valence-corrected chi connectivity index (χ3v) is 9.27. The predicted molar refractivity (Wildman–Crippen MR) is 152 cm³/mol. The van der Waals surface area contributed by atoms with Gasteiger partial charge in [-0.05, 0) is 18.1 Å². The van der Waals surface area contributed by atoms with Crippen molar-refractivity contribution in [3.63, 3.8) is 0 Å². The number of aryl methyl sites for hydroxylation is 1. The minimum Gasteiger partial charge on any atom is -0.448 e. The molecule has 2 aliphatic rings. The van der Waals surface area contributed by atoms with Crippen molar-refractivity contribution in [2.45, 2.75) is 24.4 Å².